The molecule has 0 atom stereocenters. The normalized spacial score (nSPS) is 11.6. The van der Waals surface area contributed by atoms with Gasteiger partial charge in [-0.1, -0.05) is 0 Å². The summed E-state index contributed by atoms with van der Waals surface area (Å²) in [6.07, 6.45) is 0. The molecule has 0 amide bonds. The summed E-state index contributed by atoms with van der Waals surface area (Å²) in [6, 6.07) is 6.70. The molecule has 0 spiro atoms. The van der Waals surface area contributed by atoms with Gasteiger partial charge in [0, 0.05) is 0 Å². The van der Waals surface area contributed by atoms with Gasteiger partial charge < -0.3 is 0 Å². The molecule has 0 aliphatic carbocycles. The van der Waals surface area contributed by atoms with Gasteiger partial charge in [-0.2, -0.15) is 0 Å². The minimum absolute atomic E-state index is 0.163. The van der Waals surface area contributed by atoms with Gasteiger partial charge >= 0.3 is 80.3 Å². The predicted molar refractivity (Wildman–Crippen MR) is 45.2 cm³/mol. The first-order valence-corrected chi connectivity index (χ1v) is 4.76. The summed E-state index contributed by atoms with van der Waals surface area (Å²) in [5.74, 6) is -0.163. The second-order valence-corrected chi connectivity index (χ2v) is 6.26. The van der Waals surface area contributed by atoms with Crippen LogP contribution >= 0.6 is 0 Å². The fourth-order valence-corrected chi connectivity index (χ4v) is 1.28. The Bertz CT molecular complexity index is 233. The molecule has 1 aromatic rings. The molecule has 0 N–H and O–H groups in total. The third-order valence-electron chi connectivity index (χ3n) is 1.55. The molecule has 1 aromatic carbocycles. The molecule has 0 aromatic heterocycles. The summed E-state index contributed by atoms with van der Waals surface area (Å²) in [5, 5.41) is 0. The van der Waals surface area contributed by atoms with Gasteiger partial charge in [0.2, 0.25) is 0 Å². The Labute approximate surface area is 80.3 Å². The molecule has 58 valence electrons. The molecule has 0 saturated heterocycles. The Kier molecular flexibility index (Phi) is 2.59. The second kappa shape index (κ2) is 3.14. The van der Waals surface area contributed by atoms with E-state index in [4.69, 9.17) is 0 Å². The van der Waals surface area contributed by atoms with Gasteiger partial charge in [0.25, 0.3) is 0 Å². The molecule has 0 bridgehead atoms. The van der Waals surface area contributed by atoms with E-state index in [1.165, 1.54) is 17.7 Å². The fraction of sp³-hybridized carbons (Fsp3) is 0.333. The Balaban J connectivity index is 2.99. The average Bonchev–Trinajstić information content (AvgIpc) is 1.86. The van der Waals surface area contributed by atoms with E-state index in [0.717, 1.165) is 0 Å². The maximum atomic E-state index is 12.5. The SMILES string of the molecule is C[C](C)([Sb])c1ccc(F)cc1. The molecule has 2 heteroatoms. The zero-order chi connectivity index (χ0) is 8.48. The van der Waals surface area contributed by atoms with Gasteiger partial charge in [0.05, 0.1) is 0 Å². The first-order chi connectivity index (χ1) is 5.00. The molecular weight excluding hydrogens is 249 g/mol. The first kappa shape index (κ1) is 9.06. The van der Waals surface area contributed by atoms with Crippen LogP contribution < -0.4 is 0 Å². The van der Waals surface area contributed by atoms with Crippen molar-refractivity contribution in [2.24, 2.45) is 0 Å². The van der Waals surface area contributed by atoms with Crippen molar-refractivity contribution in [2.75, 3.05) is 0 Å². The predicted octanol–water partition coefficient (Wildman–Crippen LogP) is 2.23. The number of benzene rings is 1. The van der Waals surface area contributed by atoms with Crippen LogP contribution in [0.3, 0.4) is 0 Å². The summed E-state index contributed by atoms with van der Waals surface area (Å²) in [4.78, 5) is 0. The summed E-state index contributed by atoms with van der Waals surface area (Å²) in [7, 11) is 0. The van der Waals surface area contributed by atoms with Crippen LogP contribution in [0.25, 0.3) is 0 Å². The van der Waals surface area contributed by atoms with Crippen molar-refractivity contribution in [3.63, 3.8) is 0 Å². The fourth-order valence-electron chi connectivity index (χ4n) is 0.858. The van der Waals surface area contributed by atoms with E-state index in [1.54, 1.807) is 23.0 Å². The van der Waals surface area contributed by atoms with E-state index in [2.05, 4.69) is 13.8 Å². The molecule has 1 rings (SSSR count). The van der Waals surface area contributed by atoms with Crippen molar-refractivity contribution < 1.29 is 4.39 Å². The summed E-state index contributed by atoms with van der Waals surface area (Å²) >= 11 is 1.74. The van der Waals surface area contributed by atoms with Crippen molar-refractivity contribution in [1.82, 2.24) is 0 Å². The summed E-state index contributed by atoms with van der Waals surface area (Å²) < 4.78 is 12.6. The van der Waals surface area contributed by atoms with E-state index >= 15 is 0 Å². The topological polar surface area (TPSA) is 0 Å². The maximum absolute atomic E-state index is 12.5. The van der Waals surface area contributed by atoms with Crippen molar-refractivity contribution >= 4 is 23.0 Å². The monoisotopic (exact) mass is 258 g/mol. The van der Waals surface area contributed by atoms with Crippen LogP contribution in [0.4, 0.5) is 4.39 Å². The third-order valence-corrected chi connectivity index (χ3v) is 2.29. The molecular formula is C9H10FSb. The number of halogens is 1. The standard InChI is InChI=1S/C9H10F.Sb/c1-7(2)8-3-5-9(10)6-4-8;/h3-6H,1-2H3;. The molecule has 11 heavy (non-hydrogen) atoms. The molecule has 2 radical (unpaired) electrons. The Morgan fingerprint density at radius 3 is 2.00 bits per heavy atom. The zero-order valence-corrected chi connectivity index (χ0v) is 9.19. The van der Waals surface area contributed by atoms with E-state index in [1.807, 2.05) is 12.1 Å². The number of hydrogen-bond acceptors (Lipinski definition) is 0. The zero-order valence-electron chi connectivity index (χ0n) is 6.63. The summed E-state index contributed by atoms with van der Waals surface area (Å²) in [5.41, 5.74) is 1.19. The Hall–Kier alpha value is -0.0318. The van der Waals surface area contributed by atoms with E-state index < -0.39 is 0 Å². The molecule has 0 unspecified atom stereocenters. The van der Waals surface area contributed by atoms with Gasteiger partial charge in [-0.25, -0.2) is 0 Å². The number of hydrogen-bond donors (Lipinski definition) is 0. The van der Waals surface area contributed by atoms with Crippen molar-refractivity contribution in [2.45, 2.75) is 17.2 Å². The van der Waals surface area contributed by atoms with Crippen molar-refractivity contribution in [3.8, 4) is 0 Å². The van der Waals surface area contributed by atoms with Crippen LogP contribution in [0.2, 0.25) is 0 Å². The average molecular weight is 259 g/mol. The van der Waals surface area contributed by atoms with Gasteiger partial charge in [-0.3, -0.25) is 0 Å². The Morgan fingerprint density at radius 1 is 1.18 bits per heavy atom. The number of rotatable bonds is 1. The van der Waals surface area contributed by atoms with Crippen LogP contribution in [-0.2, 0) is 3.36 Å². The van der Waals surface area contributed by atoms with E-state index in [9.17, 15) is 4.39 Å². The molecule has 0 saturated carbocycles. The van der Waals surface area contributed by atoms with Gasteiger partial charge in [0.1, 0.15) is 0 Å². The molecule has 0 heterocycles. The first-order valence-electron chi connectivity index (χ1n) is 3.48. The van der Waals surface area contributed by atoms with Crippen molar-refractivity contribution in [1.29, 1.82) is 0 Å². The van der Waals surface area contributed by atoms with Gasteiger partial charge in [-0.15, -0.1) is 0 Å². The van der Waals surface area contributed by atoms with Gasteiger partial charge in [-0.05, 0) is 0 Å². The van der Waals surface area contributed by atoms with Crippen LogP contribution in [0.15, 0.2) is 24.3 Å². The molecule has 0 nitrogen and oxygen atoms in total. The van der Waals surface area contributed by atoms with Crippen LogP contribution in [0, 0.1) is 5.82 Å². The molecule has 0 aliphatic rings. The summed E-state index contributed by atoms with van der Waals surface area (Å²) in [6.45, 7) is 4.27. The quantitative estimate of drug-likeness (QED) is 0.678. The second-order valence-electron chi connectivity index (χ2n) is 3.07. The Morgan fingerprint density at radius 2 is 1.64 bits per heavy atom. The molecule has 0 fully saturated rings. The van der Waals surface area contributed by atoms with Crippen LogP contribution in [0.1, 0.15) is 19.4 Å². The van der Waals surface area contributed by atoms with Crippen LogP contribution in [0.5, 0.6) is 0 Å². The molecule has 0 aliphatic heterocycles. The third kappa shape index (κ3) is 2.48. The van der Waals surface area contributed by atoms with Crippen molar-refractivity contribution in [3.05, 3.63) is 35.6 Å². The van der Waals surface area contributed by atoms with Gasteiger partial charge in [0.15, 0.2) is 0 Å². The van der Waals surface area contributed by atoms with Crippen LogP contribution in [-0.4, -0.2) is 23.0 Å². The van der Waals surface area contributed by atoms with E-state index in [0.29, 0.717) is 0 Å². The van der Waals surface area contributed by atoms with E-state index in [-0.39, 0.29) is 9.18 Å². The minimum atomic E-state index is -0.163.